The number of aliphatic hydroxyl groups excluding tert-OH is 1. The minimum atomic E-state index is -0.351. The summed E-state index contributed by atoms with van der Waals surface area (Å²) in [7, 11) is 0. The second-order valence-corrected chi connectivity index (χ2v) is 6.51. The van der Waals surface area contributed by atoms with E-state index in [0.717, 1.165) is 31.5 Å². The summed E-state index contributed by atoms with van der Waals surface area (Å²) in [5.41, 5.74) is 1.04. The molecule has 0 amide bonds. The molecule has 1 aromatic heterocycles. The SMILES string of the molecule is CCC(CC)(C(O)c1csc(C)c1)N1CCCC1. The minimum Gasteiger partial charge on any atom is -0.386 e. The fourth-order valence-electron chi connectivity index (χ4n) is 3.34. The first-order chi connectivity index (χ1) is 8.64. The first-order valence-electron chi connectivity index (χ1n) is 7.12. The van der Waals surface area contributed by atoms with Gasteiger partial charge in [-0.15, -0.1) is 11.3 Å². The number of nitrogens with zero attached hydrogens (tertiary/aromatic N) is 1. The number of hydrogen-bond donors (Lipinski definition) is 1. The minimum absolute atomic E-state index is 0.0655. The van der Waals surface area contributed by atoms with Crippen LogP contribution in [0.4, 0.5) is 0 Å². The van der Waals surface area contributed by atoms with Gasteiger partial charge in [0.2, 0.25) is 0 Å². The van der Waals surface area contributed by atoms with Gasteiger partial charge >= 0.3 is 0 Å². The molecule has 0 aliphatic carbocycles. The van der Waals surface area contributed by atoms with Gasteiger partial charge in [-0.2, -0.15) is 0 Å². The Morgan fingerprint density at radius 2 is 1.94 bits per heavy atom. The van der Waals surface area contributed by atoms with Crippen LogP contribution in [-0.4, -0.2) is 28.6 Å². The van der Waals surface area contributed by atoms with Crippen LogP contribution in [0.25, 0.3) is 0 Å². The lowest BCUT2D eigenvalue weighted by Crippen LogP contribution is -2.50. The third-order valence-corrected chi connectivity index (χ3v) is 5.42. The third-order valence-electron chi connectivity index (χ3n) is 4.54. The second-order valence-electron chi connectivity index (χ2n) is 5.40. The first-order valence-corrected chi connectivity index (χ1v) is 8.00. The lowest BCUT2D eigenvalue weighted by atomic mass is 9.82. The van der Waals surface area contributed by atoms with Crippen LogP contribution >= 0.6 is 11.3 Å². The Kier molecular flexibility index (Phi) is 4.46. The molecule has 1 unspecified atom stereocenters. The zero-order valence-corrected chi connectivity index (χ0v) is 12.6. The molecule has 0 bridgehead atoms. The highest BCUT2D eigenvalue weighted by molar-refractivity contribution is 7.10. The molecule has 1 fully saturated rings. The van der Waals surface area contributed by atoms with Gasteiger partial charge in [-0.3, -0.25) is 4.90 Å². The van der Waals surface area contributed by atoms with E-state index in [9.17, 15) is 5.11 Å². The van der Waals surface area contributed by atoms with Gasteiger partial charge in [-0.25, -0.2) is 0 Å². The van der Waals surface area contributed by atoms with Crippen molar-refractivity contribution in [2.75, 3.05) is 13.1 Å². The Morgan fingerprint density at radius 3 is 2.39 bits per heavy atom. The summed E-state index contributed by atoms with van der Waals surface area (Å²) in [6, 6.07) is 2.14. The highest BCUT2D eigenvalue weighted by atomic mass is 32.1. The number of hydrogen-bond acceptors (Lipinski definition) is 3. The molecule has 0 aromatic carbocycles. The van der Waals surface area contributed by atoms with E-state index in [4.69, 9.17) is 0 Å². The molecule has 1 aromatic rings. The Morgan fingerprint density at radius 1 is 1.33 bits per heavy atom. The van der Waals surface area contributed by atoms with Gasteiger partial charge in [0.15, 0.2) is 0 Å². The summed E-state index contributed by atoms with van der Waals surface area (Å²) in [6.07, 6.45) is 4.23. The molecule has 1 aliphatic rings. The summed E-state index contributed by atoms with van der Waals surface area (Å²) in [5.74, 6) is 0. The summed E-state index contributed by atoms with van der Waals surface area (Å²) in [5, 5.41) is 13.0. The van der Waals surface area contributed by atoms with E-state index in [2.05, 4.69) is 37.1 Å². The molecular formula is C15H25NOS. The standard InChI is InChI=1S/C15H25NOS/c1-4-15(5-2,16-8-6-7-9-16)14(17)13-10-12(3)18-11-13/h10-11,14,17H,4-9H2,1-3H3. The molecule has 18 heavy (non-hydrogen) atoms. The van der Waals surface area contributed by atoms with Crippen molar-refractivity contribution >= 4 is 11.3 Å². The molecule has 2 heterocycles. The van der Waals surface area contributed by atoms with Crippen LogP contribution in [0.5, 0.6) is 0 Å². The van der Waals surface area contributed by atoms with Crippen molar-refractivity contribution in [3.63, 3.8) is 0 Å². The van der Waals surface area contributed by atoms with E-state index in [-0.39, 0.29) is 11.6 Å². The number of aryl methyl sites for hydroxylation is 1. The topological polar surface area (TPSA) is 23.5 Å². The molecule has 102 valence electrons. The van der Waals surface area contributed by atoms with Gasteiger partial charge in [0.25, 0.3) is 0 Å². The highest BCUT2D eigenvalue weighted by Crippen LogP contribution is 2.40. The van der Waals surface area contributed by atoms with Crippen molar-refractivity contribution < 1.29 is 5.11 Å². The normalized spacial score (nSPS) is 19.3. The van der Waals surface area contributed by atoms with E-state index in [1.807, 2.05) is 0 Å². The van der Waals surface area contributed by atoms with E-state index in [0.29, 0.717) is 0 Å². The maximum atomic E-state index is 10.9. The van der Waals surface area contributed by atoms with Crippen molar-refractivity contribution in [3.05, 3.63) is 21.9 Å². The van der Waals surface area contributed by atoms with Crippen molar-refractivity contribution in [2.24, 2.45) is 0 Å². The van der Waals surface area contributed by atoms with Crippen LogP contribution in [-0.2, 0) is 0 Å². The van der Waals surface area contributed by atoms with E-state index < -0.39 is 0 Å². The number of aliphatic hydroxyl groups is 1. The smallest absolute Gasteiger partial charge is 0.0981 e. The van der Waals surface area contributed by atoms with Gasteiger partial charge < -0.3 is 5.11 Å². The Labute approximate surface area is 115 Å². The van der Waals surface area contributed by atoms with Crippen molar-refractivity contribution in [2.45, 2.75) is 58.1 Å². The average molecular weight is 267 g/mol. The quantitative estimate of drug-likeness (QED) is 0.878. The average Bonchev–Trinajstić information content (AvgIpc) is 3.03. The molecule has 0 spiro atoms. The van der Waals surface area contributed by atoms with Crippen LogP contribution in [0.2, 0.25) is 0 Å². The maximum absolute atomic E-state index is 10.9. The molecule has 2 rings (SSSR count). The van der Waals surface area contributed by atoms with Crippen molar-refractivity contribution in [1.29, 1.82) is 0 Å². The van der Waals surface area contributed by atoms with Gasteiger partial charge in [-0.05, 0) is 62.7 Å². The number of likely N-dealkylation sites (tertiary alicyclic amines) is 1. The predicted octanol–water partition coefficient (Wildman–Crippen LogP) is 3.74. The lowest BCUT2D eigenvalue weighted by Gasteiger charge is -2.44. The van der Waals surface area contributed by atoms with E-state index in [1.54, 1.807) is 11.3 Å². The molecular weight excluding hydrogens is 242 g/mol. The highest BCUT2D eigenvalue weighted by Gasteiger charge is 2.42. The zero-order valence-electron chi connectivity index (χ0n) is 11.8. The molecule has 3 heteroatoms. The number of thiophene rings is 1. The Hall–Kier alpha value is -0.380. The van der Waals surface area contributed by atoms with Crippen LogP contribution in [0, 0.1) is 6.92 Å². The molecule has 1 N–H and O–H groups in total. The summed E-state index contributed by atoms with van der Waals surface area (Å²) in [6.45, 7) is 8.81. The molecule has 1 aliphatic heterocycles. The van der Waals surface area contributed by atoms with Gasteiger partial charge in [0.05, 0.1) is 11.6 Å². The predicted molar refractivity (Wildman–Crippen MR) is 78.1 cm³/mol. The van der Waals surface area contributed by atoms with Crippen LogP contribution < -0.4 is 0 Å². The number of rotatable bonds is 5. The Bertz CT molecular complexity index is 378. The second kappa shape index (κ2) is 5.72. The van der Waals surface area contributed by atoms with Crippen molar-refractivity contribution in [3.8, 4) is 0 Å². The largest absolute Gasteiger partial charge is 0.386 e. The third kappa shape index (κ3) is 2.36. The van der Waals surface area contributed by atoms with Crippen LogP contribution in [0.1, 0.15) is 56.1 Å². The van der Waals surface area contributed by atoms with Gasteiger partial charge in [0, 0.05) is 4.88 Å². The van der Waals surface area contributed by atoms with Crippen LogP contribution in [0.15, 0.2) is 11.4 Å². The van der Waals surface area contributed by atoms with E-state index >= 15 is 0 Å². The van der Waals surface area contributed by atoms with Gasteiger partial charge in [0.1, 0.15) is 0 Å². The van der Waals surface area contributed by atoms with Gasteiger partial charge in [-0.1, -0.05) is 13.8 Å². The maximum Gasteiger partial charge on any atom is 0.0981 e. The molecule has 0 radical (unpaired) electrons. The van der Waals surface area contributed by atoms with E-state index in [1.165, 1.54) is 17.7 Å². The zero-order chi connectivity index (χ0) is 13.2. The first kappa shape index (κ1) is 14.0. The molecule has 1 saturated heterocycles. The lowest BCUT2D eigenvalue weighted by molar-refractivity contribution is -0.0293. The summed E-state index contributed by atoms with van der Waals surface area (Å²) >= 11 is 1.73. The fourth-order valence-corrected chi connectivity index (χ4v) is 4.06. The summed E-state index contributed by atoms with van der Waals surface area (Å²) in [4.78, 5) is 3.80. The molecule has 2 nitrogen and oxygen atoms in total. The molecule has 0 saturated carbocycles. The van der Waals surface area contributed by atoms with Crippen LogP contribution in [0.3, 0.4) is 0 Å². The fraction of sp³-hybridized carbons (Fsp3) is 0.733. The van der Waals surface area contributed by atoms with Crippen molar-refractivity contribution in [1.82, 2.24) is 4.90 Å². The molecule has 1 atom stereocenters. The Balaban J connectivity index is 2.28. The summed E-state index contributed by atoms with van der Waals surface area (Å²) < 4.78 is 0. The monoisotopic (exact) mass is 267 g/mol.